The highest BCUT2D eigenvalue weighted by Gasteiger charge is 2.35. The van der Waals surface area contributed by atoms with Gasteiger partial charge in [-0.2, -0.15) is 0 Å². The molecule has 7 nitrogen and oxygen atoms in total. The first-order valence-corrected chi connectivity index (χ1v) is 14.4. The standard InChI is InChI=1S/C28H23Cl2IN2O5S/c1-3-37-23-11-18(12-24-27(35)33(28(36)39-24)14-17-5-7-19(31)8-6-17)10-22(30)26(23)38-15-25(34)32-20-9-4-16(2)21(29)13-20/h4-13H,3,14-15H2,1-2H3,(H,32,34)/b24-12-. The van der Waals surface area contributed by atoms with Crippen molar-refractivity contribution in [1.82, 2.24) is 4.90 Å². The third-order valence-electron chi connectivity index (χ3n) is 5.56. The fraction of sp³-hybridized carbons (Fsp3) is 0.179. The van der Waals surface area contributed by atoms with E-state index in [1.807, 2.05) is 31.2 Å². The number of thioether (sulfide) groups is 1. The van der Waals surface area contributed by atoms with Gasteiger partial charge in [-0.05, 0) is 107 Å². The molecule has 3 aromatic carbocycles. The summed E-state index contributed by atoms with van der Waals surface area (Å²) in [5.41, 5.74) is 2.85. The van der Waals surface area contributed by atoms with Crippen LogP contribution < -0.4 is 14.8 Å². The number of halogens is 3. The number of nitrogens with one attached hydrogen (secondary N) is 1. The van der Waals surface area contributed by atoms with Gasteiger partial charge in [0.25, 0.3) is 17.1 Å². The van der Waals surface area contributed by atoms with Crippen LogP contribution in [0.5, 0.6) is 11.5 Å². The van der Waals surface area contributed by atoms with Crippen LogP contribution in [0, 0.1) is 10.5 Å². The molecule has 1 aliphatic heterocycles. The molecule has 0 atom stereocenters. The Hall–Kier alpha value is -2.73. The largest absolute Gasteiger partial charge is 0.490 e. The first-order valence-electron chi connectivity index (χ1n) is 11.8. The van der Waals surface area contributed by atoms with Crippen LogP contribution in [-0.2, 0) is 16.1 Å². The maximum atomic E-state index is 13.0. The van der Waals surface area contributed by atoms with Crippen LogP contribution >= 0.6 is 57.6 Å². The molecule has 1 N–H and O–H groups in total. The van der Waals surface area contributed by atoms with Gasteiger partial charge in [0.2, 0.25) is 0 Å². The monoisotopic (exact) mass is 696 g/mol. The molecule has 0 bridgehead atoms. The normalized spacial score (nSPS) is 14.2. The zero-order chi connectivity index (χ0) is 28.1. The zero-order valence-electron chi connectivity index (χ0n) is 20.9. The van der Waals surface area contributed by atoms with Crippen molar-refractivity contribution < 1.29 is 23.9 Å². The number of imide groups is 1. The number of carbonyl (C=O) groups excluding carboxylic acids is 3. The second-order valence-electron chi connectivity index (χ2n) is 8.46. The van der Waals surface area contributed by atoms with E-state index in [-0.39, 0.29) is 40.0 Å². The van der Waals surface area contributed by atoms with E-state index < -0.39 is 5.91 Å². The Morgan fingerprint density at radius 2 is 1.79 bits per heavy atom. The van der Waals surface area contributed by atoms with E-state index in [2.05, 4.69) is 27.9 Å². The molecule has 0 spiro atoms. The Morgan fingerprint density at radius 3 is 2.49 bits per heavy atom. The third kappa shape index (κ3) is 7.47. The van der Waals surface area contributed by atoms with Crippen molar-refractivity contribution in [2.75, 3.05) is 18.5 Å². The van der Waals surface area contributed by atoms with Crippen LogP contribution in [0.2, 0.25) is 10.0 Å². The fourth-order valence-electron chi connectivity index (χ4n) is 3.64. The van der Waals surface area contributed by atoms with Gasteiger partial charge in [0.15, 0.2) is 18.1 Å². The van der Waals surface area contributed by atoms with E-state index in [4.69, 9.17) is 32.7 Å². The SMILES string of the molecule is CCOc1cc(/C=C2\SC(=O)N(Cc3ccc(I)cc3)C2=O)cc(Cl)c1OCC(=O)Nc1ccc(C)c(Cl)c1. The molecule has 0 unspecified atom stereocenters. The molecule has 1 aliphatic rings. The molecule has 3 amide bonds. The number of nitrogens with zero attached hydrogens (tertiary/aromatic N) is 1. The van der Waals surface area contributed by atoms with Crippen LogP contribution in [0.25, 0.3) is 6.08 Å². The number of ether oxygens (including phenoxy) is 2. The molecule has 1 fully saturated rings. The molecule has 39 heavy (non-hydrogen) atoms. The predicted octanol–water partition coefficient (Wildman–Crippen LogP) is 7.56. The van der Waals surface area contributed by atoms with Gasteiger partial charge in [0.1, 0.15) is 0 Å². The van der Waals surface area contributed by atoms with Crippen molar-refractivity contribution in [3.63, 3.8) is 0 Å². The maximum absolute atomic E-state index is 13.0. The lowest BCUT2D eigenvalue weighted by molar-refractivity contribution is -0.123. The molecule has 1 heterocycles. The Morgan fingerprint density at radius 1 is 1.05 bits per heavy atom. The van der Waals surface area contributed by atoms with E-state index in [1.54, 1.807) is 43.3 Å². The summed E-state index contributed by atoms with van der Waals surface area (Å²) in [7, 11) is 0. The highest BCUT2D eigenvalue weighted by molar-refractivity contribution is 14.1. The van der Waals surface area contributed by atoms with Gasteiger partial charge in [0.05, 0.1) is 23.1 Å². The van der Waals surface area contributed by atoms with Crippen molar-refractivity contribution in [3.05, 3.63) is 89.8 Å². The summed E-state index contributed by atoms with van der Waals surface area (Å²) in [4.78, 5) is 39.5. The van der Waals surface area contributed by atoms with E-state index in [9.17, 15) is 14.4 Å². The van der Waals surface area contributed by atoms with Crippen LogP contribution in [0.1, 0.15) is 23.6 Å². The highest BCUT2D eigenvalue weighted by Crippen LogP contribution is 2.39. The van der Waals surface area contributed by atoms with Gasteiger partial charge < -0.3 is 14.8 Å². The number of anilines is 1. The van der Waals surface area contributed by atoms with Crippen LogP contribution in [0.15, 0.2) is 59.5 Å². The second-order valence-corrected chi connectivity index (χ2v) is 11.5. The lowest BCUT2D eigenvalue weighted by atomic mass is 10.1. The van der Waals surface area contributed by atoms with Crippen molar-refractivity contribution in [3.8, 4) is 11.5 Å². The minimum atomic E-state index is -0.403. The molecule has 0 aliphatic carbocycles. The molecule has 0 saturated carbocycles. The highest BCUT2D eigenvalue weighted by atomic mass is 127. The topological polar surface area (TPSA) is 84.9 Å². The van der Waals surface area contributed by atoms with Gasteiger partial charge in [0, 0.05) is 14.3 Å². The van der Waals surface area contributed by atoms with Gasteiger partial charge in [-0.3, -0.25) is 19.3 Å². The number of benzene rings is 3. The summed E-state index contributed by atoms with van der Waals surface area (Å²) in [6, 6.07) is 16.1. The van der Waals surface area contributed by atoms with Crippen molar-refractivity contribution in [2.45, 2.75) is 20.4 Å². The van der Waals surface area contributed by atoms with Gasteiger partial charge in [-0.25, -0.2) is 0 Å². The van der Waals surface area contributed by atoms with Crippen LogP contribution in [0.4, 0.5) is 10.5 Å². The number of hydrogen-bond donors (Lipinski definition) is 1. The van der Waals surface area contributed by atoms with E-state index >= 15 is 0 Å². The minimum absolute atomic E-state index is 0.188. The molecular formula is C28H23Cl2IN2O5S. The van der Waals surface area contributed by atoms with E-state index in [1.165, 1.54) is 4.90 Å². The summed E-state index contributed by atoms with van der Waals surface area (Å²) in [6.45, 7) is 3.86. The molecular weight excluding hydrogens is 674 g/mol. The summed E-state index contributed by atoms with van der Waals surface area (Å²) in [6.07, 6.45) is 1.59. The van der Waals surface area contributed by atoms with Gasteiger partial charge in [-0.15, -0.1) is 0 Å². The Bertz CT molecular complexity index is 1460. The molecule has 202 valence electrons. The molecule has 4 rings (SSSR count). The van der Waals surface area contributed by atoms with Crippen molar-refractivity contribution in [1.29, 1.82) is 0 Å². The third-order valence-corrected chi connectivity index (χ3v) is 7.87. The number of rotatable bonds is 9. The lowest BCUT2D eigenvalue weighted by Crippen LogP contribution is -2.27. The summed E-state index contributed by atoms with van der Waals surface area (Å²) in [5.74, 6) is -0.287. The van der Waals surface area contributed by atoms with Crippen molar-refractivity contribution in [2.24, 2.45) is 0 Å². The molecule has 3 aromatic rings. The first kappa shape index (κ1) is 29.3. The van der Waals surface area contributed by atoms with E-state index in [0.29, 0.717) is 28.6 Å². The summed E-state index contributed by atoms with van der Waals surface area (Å²) in [5, 5.41) is 3.11. The number of hydrogen-bond acceptors (Lipinski definition) is 6. The van der Waals surface area contributed by atoms with Crippen LogP contribution in [0.3, 0.4) is 0 Å². The Balaban J connectivity index is 1.48. The average Bonchev–Trinajstić information content (AvgIpc) is 3.14. The predicted molar refractivity (Wildman–Crippen MR) is 164 cm³/mol. The summed E-state index contributed by atoms with van der Waals surface area (Å²) < 4.78 is 12.5. The maximum Gasteiger partial charge on any atom is 0.293 e. The van der Waals surface area contributed by atoms with E-state index in [0.717, 1.165) is 26.5 Å². The Kier molecular flexibility index (Phi) is 9.81. The second kappa shape index (κ2) is 13.1. The summed E-state index contributed by atoms with van der Waals surface area (Å²) >= 11 is 15.7. The number of amides is 3. The molecule has 11 heteroatoms. The quantitative estimate of drug-likeness (QED) is 0.184. The first-order chi connectivity index (χ1) is 18.6. The fourth-order valence-corrected chi connectivity index (χ4v) is 5.29. The Labute approximate surface area is 254 Å². The van der Waals surface area contributed by atoms with Gasteiger partial charge >= 0.3 is 0 Å². The van der Waals surface area contributed by atoms with Gasteiger partial charge in [-0.1, -0.05) is 41.4 Å². The molecule has 1 saturated heterocycles. The van der Waals surface area contributed by atoms with Crippen molar-refractivity contribution >= 4 is 86.4 Å². The number of aryl methyl sites for hydroxylation is 1. The average molecular weight is 697 g/mol. The molecule has 0 radical (unpaired) electrons. The lowest BCUT2D eigenvalue weighted by Gasteiger charge is -2.15. The molecule has 0 aromatic heterocycles. The smallest absolute Gasteiger partial charge is 0.293 e. The zero-order valence-corrected chi connectivity index (χ0v) is 25.4. The minimum Gasteiger partial charge on any atom is -0.490 e. The number of carbonyl (C=O) groups is 3. The van der Waals surface area contributed by atoms with Crippen LogP contribution in [-0.4, -0.2) is 35.2 Å².